The molecule has 28 heavy (non-hydrogen) atoms. The van der Waals surface area contributed by atoms with Crippen molar-refractivity contribution in [2.24, 2.45) is 0 Å². The second-order valence-corrected chi connectivity index (χ2v) is 6.89. The highest BCUT2D eigenvalue weighted by molar-refractivity contribution is 5.94. The van der Waals surface area contributed by atoms with Crippen LogP contribution in [-0.2, 0) is 11.2 Å². The Labute approximate surface area is 165 Å². The molecule has 0 aliphatic carbocycles. The Morgan fingerprint density at radius 3 is 2.43 bits per heavy atom. The van der Waals surface area contributed by atoms with E-state index >= 15 is 0 Å². The highest BCUT2D eigenvalue weighted by atomic mass is 16.5. The fourth-order valence-electron chi connectivity index (χ4n) is 3.51. The summed E-state index contributed by atoms with van der Waals surface area (Å²) < 4.78 is 5.80. The molecule has 0 bridgehead atoms. The smallest absolute Gasteiger partial charge is 0.228 e. The third-order valence-corrected chi connectivity index (χ3v) is 4.91. The van der Waals surface area contributed by atoms with Gasteiger partial charge in [0.25, 0.3) is 0 Å². The number of carbonyl (C=O) groups is 1. The van der Waals surface area contributed by atoms with Gasteiger partial charge in [-0.25, -0.2) is 0 Å². The van der Waals surface area contributed by atoms with Gasteiger partial charge in [-0.15, -0.1) is 0 Å². The molecular formula is C24H24N2O2. The largest absolute Gasteiger partial charge is 0.457 e. The van der Waals surface area contributed by atoms with Crippen LogP contribution in [0.25, 0.3) is 0 Å². The summed E-state index contributed by atoms with van der Waals surface area (Å²) in [6.07, 6.45) is 2.55. The van der Waals surface area contributed by atoms with Gasteiger partial charge in [0.2, 0.25) is 5.91 Å². The first-order valence-corrected chi connectivity index (χ1v) is 9.75. The van der Waals surface area contributed by atoms with E-state index in [1.165, 1.54) is 5.56 Å². The van der Waals surface area contributed by atoms with Crippen LogP contribution in [0.2, 0.25) is 0 Å². The van der Waals surface area contributed by atoms with E-state index in [1.807, 2.05) is 77.7 Å². The second-order valence-electron chi connectivity index (χ2n) is 6.89. The highest BCUT2D eigenvalue weighted by Crippen LogP contribution is 2.27. The maximum Gasteiger partial charge on any atom is 0.228 e. The number of hydrogen-bond donors (Lipinski definition) is 1. The van der Waals surface area contributed by atoms with Gasteiger partial charge in [0.05, 0.1) is 0 Å². The fraction of sp³-hybridized carbons (Fsp3) is 0.208. The fourth-order valence-corrected chi connectivity index (χ4v) is 3.51. The third kappa shape index (κ3) is 4.34. The molecule has 4 nitrogen and oxygen atoms in total. The number of rotatable bonds is 6. The van der Waals surface area contributed by atoms with Crippen molar-refractivity contribution in [3.63, 3.8) is 0 Å². The van der Waals surface area contributed by atoms with Crippen molar-refractivity contribution in [1.29, 1.82) is 0 Å². The summed E-state index contributed by atoms with van der Waals surface area (Å²) in [6.45, 7) is 1.41. The molecule has 0 radical (unpaired) electrons. The molecule has 1 amide bonds. The topological polar surface area (TPSA) is 41.6 Å². The van der Waals surface area contributed by atoms with E-state index in [-0.39, 0.29) is 5.91 Å². The summed E-state index contributed by atoms with van der Waals surface area (Å²) in [4.78, 5) is 14.6. The minimum absolute atomic E-state index is 0.170. The molecule has 1 N–H and O–H groups in total. The number of hydrogen-bond acceptors (Lipinski definition) is 3. The predicted molar refractivity (Wildman–Crippen MR) is 113 cm³/mol. The SMILES string of the molecule is O=C(CCNc1ccc(Oc2ccccc2)cc1)N1CCCc2ccccc21. The maximum atomic E-state index is 12.7. The Bertz CT molecular complexity index is 923. The van der Waals surface area contributed by atoms with Gasteiger partial charge < -0.3 is 15.0 Å². The lowest BCUT2D eigenvalue weighted by Gasteiger charge is -2.29. The van der Waals surface area contributed by atoms with E-state index in [2.05, 4.69) is 11.4 Å². The molecule has 1 heterocycles. The lowest BCUT2D eigenvalue weighted by atomic mass is 10.0. The Hall–Kier alpha value is -3.27. The molecule has 0 spiro atoms. The van der Waals surface area contributed by atoms with Crippen molar-refractivity contribution in [2.75, 3.05) is 23.3 Å². The summed E-state index contributed by atoms with van der Waals surface area (Å²) >= 11 is 0. The lowest BCUT2D eigenvalue weighted by molar-refractivity contribution is -0.118. The molecule has 0 fully saturated rings. The second kappa shape index (κ2) is 8.61. The molecule has 142 valence electrons. The minimum Gasteiger partial charge on any atom is -0.457 e. The zero-order chi connectivity index (χ0) is 19.2. The minimum atomic E-state index is 0.170. The van der Waals surface area contributed by atoms with E-state index in [9.17, 15) is 4.79 Å². The number of ether oxygens (including phenoxy) is 1. The lowest BCUT2D eigenvalue weighted by Crippen LogP contribution is -2.36. The molecule has 3 aromatic rings. The summed E-state index contributed by atoms with van der Waals surface area (Å²) in [6, 6.07) is 25.7. The van der Waals surface area contributed by atoms with Crippen LogP contribution in [0.4, 0.5) is 11.4 Å². The maximum absolute atomic E-state index is 12.7. The number of fused-ring (bicyclic) bond motifs is 1. The van der Waals surface area contributed by atoms with Gasteiger partial charge >= 0.3 is 0 Å². The van der Waals surface area contributed by atoms with Crippen LogP contribution in [0.3, 0.4) is 0 Å². The first-order chi connectivity index (χ1) is 13.8. The van der Waals surface area contributed by atoms with E-state index in [0.29, 0.717) is 13.0 Å². The van der Waals surface area contributed by atoms with Crippen LogP contribution in [0.5, 0.6) is 11.5 Å². The zero-order valence-corrected chi connectivity index (χ0v) is 15.8. The Morgan fingerprint density at radius 2 is 1.61 bits per heavy atom. The average Bonchev–Trinajstić information content (AvgIpc) is 2.75. The Kier molecular flexibility index (Phi) is 5.57. The van der Waals surface area contributed by atoms with Gasteiger partial charge in [-0.05, 0) is 60.9 Å². The van der Waals surface area contributed by atoms with E-state index in [4.69, 9.17) is 4.74 Å². The van der Waals surface area contributed by atoms with Gasteiger partial charge in [0.1, 0.15) is 11.5 Å². The molecule has 4 rings (SSSR count). The van der Waals surface area contributed by atoms with Crippen LogP contribution < -0.4 is 15.0 Å². The van der Waals surface area contributed by atoms with Gasteiger partial charge in [0.15, 0.2) is 0 Å². The number of anilines is 2. The van der Waals surface area contributed by atoms with Crippen LogP contribution in [0, 0.1) is 0 Å². The van der Waals surface area contributed by atoms with Crippen LogP contribution in [-0.4, -0.2) is 19.0 Å². The zero-order valence-electron chi connectivity index (χ0n) is 15.8. The van der Waals surface area contributed by atoms with Crippen molar-refractivity contribution in [3.8, 4) is 11.5 Å². The molecule has 1 aliphatic heterocycles. The normalized spacial score (nSPS) is 12.9. The number of carbonyl (C=O) groups excluding carboxylic acids is 1. The third-order valence-electron chi connectivity index (χ3n) is 4.91. The van der Waals surface area contributed by atoms with Crippen molar-refractivity contribution in [3.05, 3.63) is 84.4 Å². The van der Waals surface area contributed by atoms with Gasteiger partial charge in [-0.1, -0.05) is 36.4 Å². The molecule has 0 aromatic heterocycles. The van der Waals surface area contributed by atoms with Crippen LogP contribution in [0.1, 0.15) is 18.4 Å². The molecule has 0 saturated heterocycles. The molecule has 4 heteroatoms. The molecule has 0 saturated carbocycles. The van der Waals surface area contributed by atoms with Crippen LogP contribution in [0.15, 0.2) is 78.9 Å². The summed E-state index contributed by atoms with van der Waals surface area (Å²) in [7, 11) is 0. The molecule has 0 atom stereocenters. The number of benzene rings is 3. The molecule has 3 aromatic carbocycles. The first-order valence-electron chi connectivity index (χ1n) is 9.75. The molecule has 0 unspecified atom stereocenters. The number of amides is 1. The van der Waals surface area contributed by atoms with E-state index < -0.39 is 0 Å². The number of para-hydroxylation sites is 2. The van der Waals surface area contributed by atoms with Crippen molar-refractivity contribution < 1.29 is 9.53 Å². The van der Waals surface area contributed by atoms with Gasteiger partial charge in [-0.3, -0.25) is 4.79 Å². The van der Waals surface area contributed by atoms with Gasteiger partial charge in [0, 0.05) is 30.9 Å². The Morgan fingerprint density at radius 1 is 0.893 bits per heavy atom. The standard InChI is InChI=1S/C24H24N2O2/c27-24(26-18-6-8-19-7-4-5-11-23(19)26)16-17-25-20-12-14-22(15-13-20)28-21-9-2-1-3-10-21/h1-5,7,9-15,25H,6,8,16-18H2. The number of nitrogens with zero attached hydrogens (tertiary/aromatic N) is 1. The number of nitrogens with one attached hydrogen (secondary N) is 1. The monoisotopic (exact) mass is 372 g/mol. The van der Waals surface area contributed by atoms with Crippen molar-refractivity contribution in [2.45, 2.75) is 19.3 Å². The Balaban J connectivity index is 1.29. The summed E-state index contributed by atoms with van der Waals surface area (Å²) in [5.41, 5.74) is 3.32. The van der Waals surface area contributed by atoms with Crippen molar-refractivity contribution in [1.82, 2.24) is 0 Å². The van der Waals surface area contributed by atoms with Crippen LogP contribution >= 0.6 is 0 Å². The van der Waals surface area contributed by atoms with E-state index in [1.54, 1.807) is 0 Å². The highest BCUT2D eigenvalue weighted by Gasteiger charge is 2.21. The molecule has 1 aliphatic rings. The van der Waals surface area contributed by atoms with Crippen molar-refractivity contribution >= 4 is 17.3 Å². The quantitative estimate of drug-likeness (QED) is 0.642. The van der Waals surface area contributed by atoms with Gasteiger partial charge in [-0.2, -0.15) is 0 Å². The first kappa shape index (κ1) is 18.1. The molecular weight excluding hydrogens is 348 g/mol. The predicted octanol–water partition coefficient (Wildman–Crippen LogP) is 5.26. The summed E-state index contributed by atoms with van der Waals surface area (Å²) in [5.74, 6) is 1.78. The average molecular weight is 372 g/mol. The summed E-state index contributed by atoms with van der Waals surface area (Å²) in [5, 5.41) is 3.33. The van der Waals surface area contributed by atoms with E-state index in [0.717, 1.165) is 42.3 Å². The number of aryl methyl sites for hydroxylation is 1.